The van der Waals surface area contributed by atoms with Gasteiger partial charge in [-0.15, -0.1) is 0 Å². The van der Waals surface area contributed by atoms with Crippen molar-refractivity contribution < 1.29 is 18.7 Å². The maximum absolute atomic E-state index is 12.7. The molecule has 1 aromatic carbocycles. The van der Waals surface area contributed by atoms with Crippen LogP contribution in [0.25, 0.3) is 0 Å². The highest BCUT2D eigenvalue weighted by Gasteiger charge is 2.35. The number of oxazole rings is 1. The third-order valence-corrected chi connectivity index (χ3v) is 4.94. The minimum Gasteiger partial charge on any atom is -0.497 e. The van der Waals surface area contributed by atoms with Crippen LogP contribution in [-0.2, 0) is 0 Å². The number of rotatable bonds is 4. The van der Waals surface area contributed by atoms with Gasteiger partial charge in [-0.2, -0.15) is 0 Å². The molecule has 0 spiro atoms. The van der Waals surface area contributed by atoms with E-state index in [1.807, 2.05) is 0 Å². The van der Waals surface area contributed by atoms with E-state index in [1.54, 1.807) is 41.2 Å². The van der Waals surface area contributed by atoms with E-state index < -0.39 is 0 Å². The number of benzene rings is 1. The highest BCUT2D eigenvalue weighted by Crippen LogP contribution is 2.41. The third kappa shape index (κ3) is 3.16. The Morgan fingerprint density at radius 3 is 2.23 bits per heavy atom. The number of piperazine rings is 1. The first kappa shape index (κ1) is 16.6. The number of carbonyl (C=O) groups excluding carboxylic acids is 2. The maximum atomic E-state index is 12.7. The number of amides is 2. The lowest BCUT2D eigenvalue weighted by atomic mass is 10.1. The van der Waals surface area contributed by atoms with E-state index >= 15 is 0 Å². The zero-order chi connectivity index (χ0) is 18.1. The molecule has 2 aromatic rings. The summed E-state index contributed by atoms with van der Waals surface area (Å²) in [5.41, 5.74) is 1.06. The van der Waals surface area contributed by atoms with Crippen LogP contribution in [-0.4, -0.2) is 59.9 Å². The predicted molar refractivity (Wildman–Crippen MR) is 93.3 cm³/mol. The minimum atomic E-state index is -0.0998. The van der Waals surface area contributed by atoms with Gasteiger partial charge in [0.1, 0.15) is 11.5 Å². The Balaban J connectivity index is 1.38. The van der Waals surface area contributed by atoms with E-state index in [4.69, 9.17) is 9.15 Å². The number of nitrogens with zero attached hydrogens (tertiary/aromatic N) is 3. The van der Waals surface area contributed by atoms with E-state index in [2.05, 4.69) is 4.98 Å². The molecular weight excluding hydrogens is 334 g/mol. The first-order valence-corrected chi connectivity index (χ1v) is 8.83. The third-order valence-electron chi connectivity index (χ3n) is 4.94. The summed E-state index contributed by atoms with van der Waals surface area (Å²) in [6, 6.07) is 7.07. The van der Waals surface area contributed by atoms with Gasteiger partial charge in [0.25, 0.3) is 11.8 Å². The van der Waals surface area contributed by atoms with Gasteiger partial charge in [0.05, 0.1) is 7.11 Å². The smallest absolute Gasteiger partial charge is 0.276 e. The van der Waals surface area contributed by atoms with Crippen molar-refractivity contribution >= 4 is 11.8 Å². The molecule has 1 saturated heterocycles. The number of carbonyl (C=O) groups is 2. The fourth-order valence-corrected chi connectivity index (χ4v) is 3.23. The highest BCUT2D eigenvalue weighted by molar-refractivity contribution is 5.95. The molecule has 2 heterocycles. The van der Waals surface area contributed by atoms with Crippen LogP contribution < -0.4 is 4.74 Å². The fourth-order valence-electron chi connectivity index (χ4n) is 3.23. The van der Waals surface area contributed by atoms with Gasteiger partial charge >= 0.3 is 0 Å². The lowest BCUT2D eigenvalue weighted by Crippen LogP contribution is -2.50. The number of methoxy groups -OCH3 is 1. The summed E-state index contributed by atoms with van der Waals surface area (Å²) < 4.78 is 10.5. The quantitative estimate of drug-likeness (QED) is 0.840. The molecule has 7 nitrogen and oxygen atoms in total. The summed E-state index contributed by atoms with van der Waals surface area (Å²) in [5.74, 6) is 1.65. The fraction of sp³-hybridized carbons (Fsp3) is 0.421. The Kier molecular flexibility index (Phi) is 4.36. The molecule has 0 atom stereocenters. The minimum absolute atomic E-state index is 0.0279. The van der Waals surface area contributed by atoms with Crippen LogP contribution in [0.15, 0.2) is 35.1 Å². The lowest BCUT2D eigenvalue weighted by Gasteiger charge is -2.34. The zero-order valence-electron chi connectivity index (χ0n) is 14.7. The molecule has 0 bridgehead atoms. The van der Waals surface area contributed by atoms with Gasteiger partial charge in [0.2, 0.25) is 0 Å². The highest BCUT2D eigenvalue weighted by atomic mass is 16.5. The van der Waals surface area contributed by atoms with Gasteiger partial charge in [0, 0.05) is 37.7 Å². The van der Waals surface area contributed by atoms with E-state index in [0.29, 0.717) is 49.1 Å². The molecule has 2 fully saturated rings. The average Bonchev–Trinajstić information content (AvgIpc) is 3.43. The number of hydrogen-bond acceptors (Lipinski definition) is 5. The van der Waals surface area contributed by atoms with Crippen LogP contribution in [0.1, 0.15) is 45.4 Å². The molecule has 1 aromatic heterocycles. The van der Waals surface area contributed by atoms with E-state index in [-0.39, 0.29) is 11.8 Å². The van der Waals surface area contributed by atoms with Crippen LogP contribution in [0.4, 0.5) is 0 Å². The van der Waals surface area contributed by atoms with Crippen molar-refractivity contribution in [1.82, 2.24) is 14.8 Å². The standard InChI is InChI=1S/C19H21N3O4/c1-25-15-6-4-14(5-7-15)18(23)21-8-10-22(11-9-21)19(24)16-17(13-2-3-13)26-12-20-16/h4-7,12-13H,2-3,8-11H2,1H3. The molecule has 26 heavy (non-hydrogen) atoms. The van der Waals surface area contributed by atoms with Crippen LogP contribution in [0, 0.1) is 0 Å². The Labute approximate surface area is 151 Å². The maximum Gasteiger partial charge on any atom is 0.276 e. The van der Waals surface area contributed by atoms with Crippen molar-refractivity contribution in [2.45, 2.75) is 18.8 Å². The van der Waals surface area contributed by atoms with E-state index in [1.165, 1.54) is 6.39 Å². The van der Waals surface area contributed by atoms with Crippen molar-refractivity contribution in [3.63, 3.8) is 0 Å². The van der Waals surface area contributed by atoms with Crippen LogP contribution in [0.2, 0.25) is 0 Å². The Morgan fingerprint density at radius 1 is 1.04 bits per heavy atom. The first-order valence-electron chi connectivity index (χ1n) is 8.83. The van der Waals surface area contributed by atoms with E-state index in [0.717, 1.165) is 18.6 Å². The van der Waals surface area contributed by atoms with Crippen molar-refractivity contribution in [2.75, 3.05) is 33.3 Å². The van der Waals surface area contributed by atoms with E-state index in [9.17, 15) is 9.59 Å². The predicted octanol–water partition coefficient (Wildman–Crippen LogP) is 2.16. The summed E-state index contributed by atoms with van der Waals surface area (Å²) >= 11 is 0. The summed E-state index contributed by atoms with van der Waals surface area (Å²) in [6.45, 7) is 2.01. The molecule has 1 saturated carbocycles. The van der Waals surface area contributed by atoms with Crippen molar-refractivity contribution in [3.05, 3.63) is 47.7 Å². The molecule has 136 valence electrons. The Bertz CT molecular complexity index is 802. The van der Waals surface area contributed by atoms with Crippen LogP contribution in [0.5, 0.6) is 5.75 Å². The van der Waals surface area contributed by atoms with Crippen LogP contribution in [0.3, 0.4) is 0 Å². The monoisotopic (exact) mass is 355 g/mol. The molecule has 1 aliphatic carbocycles. The molecule has 1 aliphatic heterocycles. The molecule has 4 rings (SSSR count). The van der Waals surface area contributed by atoms with Gasteiger partial charge < -0.3 is 19.0 Å². The van der Waals surface area contributed by atoms with Gasteiger partial charge in [-0.05, 0) is 37.1 Å². The summed E-state index contributed by atoms with van der Waals surface area (Å²) in [7, 11) is 1.59. The molecule has 2 aliphatic rings. The molecule has 0 radical (unpaired) electrons. The average molecular weight is 355 g/mol. The van der Waals surface area contributed by atoms with Gasteiger partial charge in [0.15, 0.2) is 12.1 Å². The molecule has 2 amide bonds. The van der Waals surface area contributed by atoms with Crippen LogP contribution >= 0.6 is 0 Å². The van der Waals surface area contributed by atoms with Gasteiger partial charge in [-0.25, -0.2) is 4.98 Å². The first-order chi connectivity index (χ1) is 12.7. The summed E-state index contributed by atoms with van der Waals surface area (Å²) in [5, 5.41) is 0. The molecule has 0 unspecified atom stereocenters. The Hall–Kier alpha value is -2.83. The number of ether oxygens (including phenoxy) is 1. The van der Waals surface area contributed by atoms with Crippen molar-refractivity contribution in [2.24, 2.45) is 0 Å². The molecular formula is C19H21N3O4. The topological polar surface area (TPSA) is 75.9 Å². The number of hydrogen-bond donors (Lipinski definition) is 0. The number of aromatic nitrogens is 1. The summed E-state index contributed by atoms with van der Waals surface area (Å²) in [6.07, 6.45) is 3.46. The largest absolute Gasteiger partial charge is 0.497 e. The van der Waals surface area contributed by atoms with Gasteiger partial charge in [-0.1, -0.05) is 0 Å². The second-order valence-corrected chi connectivity index (χ2v) is 6.65. The summed E-state index contributed by atoms with van der Waals surface area (Å²) in [4.78, 5) is 33.0. The zero-order valence-corrected chi connectivity index (χ0v) is 14.7. The normalized spacial score (nSPS) is 17.3. The molecule has 7 heteroatoms. The Morgan fingerprint density at radius 2 is 1.65 bits per heavy atom. The van der Waals surface area contributed by atoms with Crippen molar-refractivity contribution in [1.29, 1.82) is 0 Å². The van der Waals surface area contributed by atoms with Gasteiger partial charge in [-0.3, -0.25) is 9.59 Å². The lowest BCUT2D eigenvalue weighted by molar-refractivity contribution is 0.0531. The second-order valence-electron chi connectivity index (χ2n) is 6.65. The SMILES string of the molecule is COc1ccc(C(=O)N2CCN(C(=O)c3ncoc3C3CC3)CC2)cc1. The molecule has 0 N–H and O–H groups in total. The second kappa shape index (κ2) is 6.82. The van der Waals surface area contributed by atoms with Crippen molar-refractivity contribution in [3.8, 4) is 5.75 Å².